The Morgan fingerprint density at radius 1 is 1.65 bits per heavy atom. The quantitative estimate of drug-likeness (QED) is 0.824. The van der Waals surface area contributed by atoms with E-state index in [9.17, 15) is 4.79 Å². The molecule has 1 aromatic rings. The number of aryl methyl sites for hydroxylation is 1. The fourth-order valence-electron chi connectivity index (χ4n) is 2.61. The number of carbonyl (C=O) groups is 1. The standard InChI is InChI=1S/C14H24N4O2/c1-3-7-18(12-5-4-6-15-9-12)10-13(19)16-14-8-11(2)17-20-14/h8,12,15H,3-7,9-10H2,1-2H3,(H,16,19). The minimum Gasteiger partial charge on any atom is -0.338 e. The predicted molar refractivity (Wildman–Crippen MR) is 77.6 cm³/mol. The van der Waals surface area contributed by atoms with Crippen LogP contribution in [-0.2, 0) is 4.79 Å². The highest BCUT2D eigenvalue weighted by Gasteiger charge is 2.22. The van der Waals surface area contributed by atoms with E-state index in [1.165, 1.54) is 6.42 Å². The van der Waals surface area contributed by atoms with Gasteiger partial charge in [0.25, 0.3) is 0 Å². The molecular weight excluding hydrogens is 256 g/mol. The molecule has 0 aliphatic carbocycles. The highest BCUT2D eigenvalue weighted by atomic mass is 16.5. The van der Waals surface area contributed by atoms with Gasteiger partial charge in [0.2, 0.25) is 11.8 Å². The number of nitrogens with one attached hydrogen (secondary N) is 2. The third-order valence-corrected chi connectivity index (χ3v) is 3.54. The molecule has 1 amide bonds. The fourth-order valence-corrected chi connectivity index (χ4v) is 2.61. The zero-order valence-corrected chi connectivity index (χ0v) is 12.3. The van der Waals surface area contributed by atoms with Gasteiger partial charge in [0.15, 0.2) is 0 Å². The van der Waals surface area contributed by atoms with Gasteiger partial charge in [-0.25, -0.2) is 0 Å². The maximum absolute atomic E-state index is 12.1. The van der Waals surface area contributed by atoms with E-state index >= 15 is 0 Å². The molecule has 2 heterocycles. The monoisotopic (exact) mass is 280 g/mol. The SMILES string of the molecule is CCCN(CC(=O)Nc1cc(C)no1)C1CCCNC1. The summed E-state index contributed by atoms with van der Waals surface area (Å²) >= 11 is 0. The summed E-state index contributed by atoms with van der Waals surface area (Å²) in [6.07, 6.45) is 3.38. The Balaban J connectivity index is 1.87. The minimum atomic E-state index is -0.0415. The lowest BCUT2D eigenvalue weighted by molar-refractivity contribution is -0.118. The van der Waals surface area contributed by atoms with Gasteiger partial charge >= 0.3 is 0 Å². The van der Waals surface area contributed by atoms with Crippen molar-refractivity contribution in [3.05, 3.63) is 11.8 Å². The topological polar surface area (TPSA) is 70.4 Å². The van der Waals surface area contributed by atoms with Crippen molar-refractivity contribution < 1.29 is 9.32 Å². The van der Waals surface area contributed by atoms with Gasteiger partial charge in [-0.15, -0.1) is 0 Å². The van der Waals surface area contributed by atoms with Gasteiger partial charge in [-0.2, -0.15) is 0 Å². The summed E-state index contributed by atoms with van der Waals surface area (Å²) in [7, 11) is 0. The molecular formula is C14H24N4O2. The normalized spacial score (nSPS) is 19.2. The second kappa shape index (κ2) is 7.40. The van der Waals surface area contributed by atoms with Gasteiger partial charge in [-0.1, -0.05) is 12.1 Å². The molecule has 2 rings (SSSR count). The number of amides is 1. The maximum Gasteiger partial charge on any atom is 0.240 e. The van der Waals surface area contributed by atoms with Crippen LogP contribution in [0.2, 0.25) is 0 Å². The van der Waals surface area contributed by atoms with E-state index < -0.39 is 0 Å². The lowest BCUT2D eigenvalue weighted by atomic mass is 10.1. The first-order valence-electron chi connectivity index (χ1n) is 7.37. The molecule has 1 fully saturated rings. The van der Waals surface area contributed by atoms with Crippen LogP contribution in [0, 0.1) is 6.92 Å². The van der Waals surface area contributed by atoms with Crippen molar-refractivity contribution in [1.29, 1.82) is 0 Å². The summed E-state index contributed by atoms with van der Waals surface area (Å²) in [5.41, 5.74) is 0.766. The molecule has 1 saturated heterocycles. The maximum atomic E-state index is 12.1. The van der Waals surface area contributed by atoms with E-state index in [-0.39, 0.29) is 5.91 Å². The molecule has 0 radical (unpaired) electrons. The molecule has 6 heteroatoms. The summed E-state index contributed by atoms with van der Waals surface area (Å²) in [6.45, 7) is 7.36. The molecule has 112 valence electrons. The molecule has 1 aliphatic heterocycles. The Morgan fingerprint density at radius 2 is 2.50 bits per heavy atom. The molecule has 1 unspecified atom stereocenters. The van der Waals surface area contributed by atoms with Gasteiger partial charge in [0.1, 0.15) is 0 Å². The lowest BCUT2D eigenvalue weighted by Crippen LogP contribution is -2.48. The van der Waals surface area contributed by atoms with Gasteiger partial charge in [0.05, 0.1) is 12.2 Å². The van der Waals surface area contributed by atoms with Crippen molar-refractivity contribution in [1.82, 2.24) is 15.4 Å². The van der Waals surface area contributed by atoms with Crippen molar-refractivity contribution in [2.24, 2.45) is 0 Å². The van der Waals surface area contributed by atoms with Crippen LogP contribution in [0.5, 0.6) is 0 Å². The molecule has 20 heavy (non-hydrogen) atoms. The van der Waals surface area contributed by atoms with Crippen LogP contribution < -0.4 is 10.6 Å². The number of hydrogen-bond acceptors (Lipinski definition) is 5. The van der Waals surface area contributed by atoms with Crippen LogP contribution in [0.3, 0.4) is 0 Å². The van der Waals surface area contributed by atoms with Crippen LogP contribution in [0.15, 0.2) is 10.6 Å². The third kappa shape index (κ3) is 4.31. The second-order valence-corrected chi connectivity index (χ2v) is 5.35. The molecule has 1 aliphatic rings. The number of piperidine rings is 1. The van der Waals surface area contributed by atoms with Crippen molar-refractivity contribution in [3.63, 3.8) is 0 Å². The van der Waals surface area contributed by atoms with E-state index in [2.05, 4.69) is 27.6 Å². The van der Waals surface area contributed by atoms with Crippen LogP contribution in [-0.4, -0.2) is 48.2 Å². The summed E-state index contributed by atoms with van der Waals surface area (Å²) in [4.78, 5) is 14.3. The van der Waals surface area contributed by atoms with E-state index in [1.807, 2.05) is 6.92 Å². The number of rotatable bonds is 6. The van der Waals surface area contributed by atoms with E-state index in [1.54, 1.807) is 6.07 Å². The van der Waals surface area contributed by atoms with Crippen LogP contribution >= 0.6 is 0 Å². The second-order valence-electron chi connectivity index (χ2n) is 5.35. The van der Waals surface area contributed by atoms with Crippen molar-refractivity contribution in [2.75, 3.05) is 31.5 Å². The van der Waals surface area contributed by atoms with Crippen LogP contribution in [0.25, 0.3) is 0 Å². The zero-order valence-electron chi connectivity index (χ0n) is 12.3. The van der Waals surface area contributed by atoms with Crippen molar-refractivity contribution >= 4 is 11.8 Å². The molecule has 1 atom stereocenters. The Kier molecular flexibility index (Phi) is 5.55. The Labute approximate surface area is 119 Å². The number of anilines is 1. The largest absolute Gasteiger partial charge is 0.338 e. The summed E-state index contributed by atoms with van der Waals surface area (Å²) in [6, 6.07) is 2.18. The lowest BCUT2D eigenvalue weighted by Gasteiger charge is -2.33. The summed E-state index contributed by atoms with van der Waals surface area (Å²) < 4.78 is 5.01. The first-order valence-corrected chi connectivity index (χ1v) is 7.37. The highest BCUT2D eigenvalue weighted by molar-refractivity contribution is 5.90. The Hall–Kier alpha value is -1.40. The molecule has 1 aromatic heterocycles. The average Bonchev–Trinajstić information content (AvgIpc) is 2.84. The predicted octanol–water partition coefficient (Wildman–Crippen LogP) is 1.39. The summed E-state index contributed by atoms with van der Waals surface area (Å²) in [5, 5.41) is 9.92. The van der Waals surface area contributed by atoms with E-state index in [0.717, 1.165) is 38.2 Å². The number of nitrogens with zero attached hydrogens (tertiary/aromatic N) is 2. The third-order valence-electron chi connectivity index (χ3n) is 3.54. The highest BCUT2D eigenvalue weighted by Crippen LogP contribution is 2.12. The average molecular weight is 280 g/mol. The number of aromatic nitrogens is 1. The molecule has 0 aromatic carbocycles. The first-order chi connectivity index (χ1) is 9.69. The summed E-state index contributed by atoms with van der Waals surface area (Å²) in [5.74, 6) is 0.380. The number of carbonyl (C=O) groups excluding carboxylic acids is 1. The van der Waals surface area contributed by atoms with Gasteiger partial charge < -0.3 is 9.84 Å². The fraction of sp³-hybridized carbons (Fsp3) is 0.714. The number of hydrogen-bond donors (Lipinski definition) is 2. The van der Waals surface area contributed by atoms with E-state index in [4.69, 9.17) is 4.52 Å². The zero-order chi connectivity index (χ0) is 14.4. The van der Waals surface area contributed by atoms with Crippen molar-refractivity contribution in [2.45, 2.75) is 39.2 Å². The van der Waals surface area contributed by atoms with Gasteiger partial charge in [-0.3, -0.25) is 15.0 Å². The minimum absolute atomic E-state index is 0.0415. The molecule has 0 bridgehead atoms. The van der Waals surface area contributed by atoms with Crippen LogP contribution in [0.4, 0.5) is 5.88 Å². The molecule has 0 spiro atoms. The Bertz CT molecular complexity index is 427. The van der Waals surface area contributed by atoms with E-state index in [0.29, 0.717) is 18.5 Å². The molecule has 6 nitrogen and oxygen atoms in total. The van der Waals surface area contributed by atoms with Gasteiger partial charge in [0, 0.05) is 18.7 Å². The van der Waals surface area contributed by atoms with Crippen molar-refractivity contribution in [3.8, 4) is 0 Å². The molecule has 2 N–H and O–H groups in total. The first kappa shape index (κ1) is 15.0. The van der Waals surface area contributed by atoms with Crippen LogP contribution in [0.1, 0.15) is 31.9 Å². The van der Waals surface area contributed by atoms with Gasteiger partial charge in [-0.05, 0) is 39.3 Å². The smallest absolute Gasteiger partial charge is 0.240 e. The Morgan fingerprint density at radius 3 is 3.10 bits per heavy atom. The molecule has 0 saturated carbocycles.